The molecule has 3 heterocycles. The van der Waals surface area contributed by atoms with E-state index < -0.39 is 0 Å². The summed E-state index contributed by atoms with van der Waals surface area (Å²) in [6, 6.07) is 4.09. The zero-order valence-electron chi connectivity index (χ0n) is 13.4. The molecule has 5 nitrogen and oxygen atoms in total. The molecule has 120 valence electrons. The number of aromatic nitrogens is 1. The summed E-state index contributed by atoms with van der Waals surface area (Å²) in [5.41, 5.74) is 2.58. The van der Waals surface area contributed by atoms with Crippen LogP contribution >= 0.6 is 0 Å². The number of carbonyl (C=O) groups is 1. The summed E-state index contributed by atoms with van der Waals surface area (Å²) in [6.45, 7) is 6.65. The van der Waals surface area contributed by atoms with Gasteiger partial charge in [0.25, 0.3) is 0 Å². The van der Waals surface area contributed by atoms with Gasteiger partial charge in [0, 0.05) is 49.9 Å². The Morgan fingerprint density at radius 1 is 1.50 bits per heavy atom. The fourth-order valence-corrected chi connectivity index (χ4v) is 3.70. The first kappa shape index (κ1) is 15.3. The SMILES string of the molecule is Cc1cccnc1CCNC(=O)N1CCCC2(CCNC2)C1. The first-order valence-corrected chi connectivity index (χ1v) is 8.33. The molecule has 3 rings (SSSR count). The third kappa shape index (κ3) is 3.40. The van der Waals surface area contributed by atoms with Crippen LogP contribution in [0.4, 0.5) is 4.79 Å². The van der Waals surface area contributed by atoms with Crippen LogP contribution in [0.15, 0.2) is 18.3 Å². The van der Waals surface area contributed by atoms with E-state index in [-0.39, 0.29) is 6.03 Å². The molecule has 2 aliphatic heterocycles. The number of amides is 2. The van der Waals surface area contributed by atoms with Crippen molar-refractivity contribution in [1.82, 2.24) is 20.5 Å². The number of urea groups is 1. The van der Waals surface area contributed by atoms with Crippen LogP contribution in [0.5, 0.6) is 0 Å². The van der Waals surface area contributed by atoms with Gasteiger partial charge in [-0.25, -0.2) is 4.79 Å². The molecule has 2 amide bonds. The van der Waals surface area contributed by atoms with Crippen LogP contribution < -0.4 is 10.6 Å². The van der Waals surface area contributed by atoms with Crippen molar-refractivity contribution in [3.05, 3.63) is 29.6 Å². The van der Waals surface area contributed by atoms with Gasteiger partial charge < -0.3 is 15.5 Å². The lowest BCUT2D eigenvalue weighted by molar-refractivity contribution is 0.118. The Kier molecular flexibility index (Phi) is 4.62. The van der Waals surface area contributed by atoms with Crippen molar-refractivity contribution in [3.63, 3.8) is 0 Å². The van der Waals surface area contributed by atoms with E-state index in [1.54, 1.807) is 0 Å². The summed E-state index contributed by atoms with van der Waals surface area (Å²) in [5, 5.41) is 6.51. The molecular formula is C17H26N4O. The minimum atomic E-state index is 0.0829. The molecule has 2 fully saturated rings. The van der Waals surface area contributed by atoms with Gasteiger partial charge in [-0.1, -0.05) is 6.07 Å². The fourth-order valence-electron chi connectivity index (χ4n) is 3.70. The highest BCUT2D eigenvalue weighted by molar-refractivity contribution is 5.74. The largest absolute Gasteiger partial charge is 0.338 e. The molecule has 1 unspecified atom stereocenters. The highest BCUT2D eigenvalue weighted by atomic mass is 16.2. The Bertz CT molecular complexity index is 525. The topological polar surface area (TPSA) is 57.3 Å². The van der Waals surface area contributed by atoms with Crippen LogP contribution in [0.25, 0.3) is 0 Å². The quantitative estimate of drug-likeness (QED) is 0.894. The molecule has 22 heavy (non-hydrogen) atoms. The summed E-state index contributed by atoms with van der Waals surface area (Å²) in [4.78, 5) is 18.8. The third-order valence-corrected chi connectivity index (χ3v) is 5.04. The van der Waals surface area contributed by atoms with Crippen LogP contribution in [0.2, 0.25) is 0 Å². The lowest BCUT2D eigenvalue weighted by Gasteiger charge is -2.39. The number of nitrogens with zero attached hydrogens (tertiary/aromatic N) is 2. The Labute approximate surface area is 132 Å². The van der Waals surface area contributed by atoms with Gasteiger partial charge in [0.05, 0.1) is 0 Å². The molecule has 1 spiro atoms. The molecular weight excluding hydrogens is 276 g/mol. The molecule has 2 N–H and O–H groups in total. The first-order valence-electron chi connectivity index (χ1n) is 8.33. The molecule has 0 bridgehead atoms. The summed E-state index contributed by atoms with van der Waals surface area (Å²) in [6.07, 6.45) is 6.17. The number of aryl methyl sites for hydroxylation is 1. The van der Waals surface area contributed by atoms with Crippen LogP contribution in [0, 0.1) is 12.3 Å². The van der Waals surface area contributed by atoms with E-state index in [1.807, 2.05) is 17.2 Å². The van der Waals surface area contributed by atoms with Crippen LogP contribution in [-0.4, -0.2) is 48.6 Å². The molecule has 0 saturated carbocycles. The first-order chi connectivity index (χ1) is 10.7. The lowest BCUT2D eigenvalue weighted by Crippen LogP contribution is -2.50. The molecule has 0 aliphatic carbocycles. The Hall–Kier alpha value is -1.62. The van der Waals surface area contributed by atoms with Gasteiger partial charge in [-0.15, -0.1) is 0 Å². The molecule has 1 aromatic heterocycles. The van der Waals surface area contributed by atoms with E-state index in [0.29, 0.717) is 12.0 Å². The predicted molar refractivity (Wildman–Crippen MR) is 86.8 cm³/mol. The highest BCUT2D eigenvalue weighted by Crippen LogP contribution is 2.35. The molecule has 2 aliphatic rings. The van der Waals surface area contributed by atoms with E-state index in [0.717, 1.165) is 44.7 Å². The Morgan fingerprint density at radius 3 is 3.18 bits per heavy atom. The van der Waals surface area contributed by atoms with E-state index in [1.165, 1.54) is 18.4 Å². The normalized spacial score (nSPS) is 24.7. The summed E-state index contributed by atoms with van der Waals surface area (Å²) >= 11 is 0. The highest BCUT2D eigenvalue weighted by Gasteiger charge is 2.39. The van der Waals surface area contributed by atoms with Gasteiger partial charge in [-0.3, -0.25) is 4.98 Å². The van der Waals surface area contributed by atoms with Gasteiger partial charge in [0.1, 0.15) is 0 Å². The Balaban J connectivity index is 1.48. The molecule has 2 saturated heterocycles. The van der Waals surface area contributed by atoms with Crippen molar-refractivity contribution in [3.8, 4) is 0 Å². The maximum Gasteiger partial charge on any atom is 0.317 e. The zero-order valence-corrected chi connectivity index (χ0v) is 13.4. The van der Waals surface area contributed by atoms with Crippen molar-refractivity contribution >= 4 is 6.03 Å². The number of pyridine rings is 1. The van der Waals surface area contributed by atoms with E-state index >= 15 is 0 Å². The second kappa shape index (κ2) is 6.65. The van der Waals surface area contributed by atoms with Gasteiger partial charge in [-0.05, 0) is 44.4 Å². The number of hydrogen-bond acceptors (Lipinski definition) is 3. The minimum Gasteiger partial charge on any atom is -0.338 e. The smallest absolute Gasteiger partial charge is 0.317 e. The maximum atomic E-state index is 12.4. The van der Waals surface area contributed by atoms with Gasteiger partial charge in [0.2, 0.25) is 0 Å². The zero-order chi connectivity index (χ0) is 15.4. The van der Waals surface area contributed by atoms with Crippen molar-refractivity contribution < 1.29 is 4.79 Å². The number of carbonyl (C=O) groups excluding carboxylic acids is 1. The maximum absolute atomic E-state index is 12.4. The number of nitrogens with one attached hydrogen (secondary N) is 2. The van der Waals surface area contributed by atoms with Gasteiger partial charge in [0.15, 0.2) is 0 Å². The average molecular weight is 302 g/mol. The van der Waals surface area contributed by atoms with Gasteiger partial charge in [-0.2, -0.15) is 0 Å². The van der Waals surface area contributed by atoms with Crippen LogP contribution in [-0.2, 0) is 6.42 Å². The molecule has 0 radical (unpaired) electrons. The minimum absolute atomic E-state index is 0.0829. The van der Waals surface area contributed by atoms with E-state index in [4.69, 9.17) is 0 Å². The molecule has 0 aromatic carbocycles. The fraction of sp³-hybridized carbons (Fsp3) is 0.647. The second-order valence-corrected chi connectivity index (χ2v) is 6.70. The van der Waals surface area contributed by atoms with Crippen molar-refractivity contribution in [2.75, 3.05) is 32.7 Å². The monoisotopic (exact) mass is 302 g/mol. The third-order valence-electron chi connectivity index (χ3n) is 5.04. The average Bonchev–Trinajstić information content (AvgIpc) is 2.97. The predicted octanol–water partition coefficient (Wildman–Crippen LogP) is 1.72. The van der Waals surface area contributed by atoms with Crippen molar-refractivity contribution in [1.29, 1.82) is 0 Å². The van der Waals surface area contributed by atoms with Crippen molar-refractivity contribution in [2.45, 2.75) is 32.6 Å². The number of likely N-dealkylation sites (tertiary alicyclic amines) is 1. The number of rotatable bonds is 3. The lowest BCUT2D eigenvalue weighted by atomic mass is 9.79. The standard InChI is InChI=1S/C17H26N4O/c1-14-4-2-8-19-15(14)5-9-20-16(22)21-11-3-6-17(13-21)7-10-18-12-17/h2,4,8,18H,3,5-7,9-13H2,1H3,(H,20,22). The molecule has 1 aromatic rings. The summed E-state index contributed by atoms with van der Waals surface area (Å²) < 4.78 is 0. The van der Waals surface area contributed by atoms with Crippen LogP contribution in [0.3, 0.4) is 0 Å². The summed E-state index contributed by atoms with van der Waals surface area (Å²) in [5.74, 6) is 0. The van der Waals surface area contributed by atoms with Crippen molar-refractivity contribution in [2.24, 2.45) is 5.41 Å². The van der Waals surface area contributed by atoms with E-state index in [9.17, 15) is 4.79 Å². The van der Waals surface area contributed by atoms with Crippen LogP contribution in [0.1, 0.15) is 30.5 Å². The second-order valence-electron chi connectivity index (χ2n) is 6.70. The summed E-state index contributed by atoms with van der Waals surface area (Å²) in [7, 11) is 0. The van der Waals surface area contributed by atoms with E-state index in [2.05, 4.69) is 28.6 Å². The number of piperidine rings is 1. The molecule has 5 heteroatoms. The molecule has 1 atom stereocenters. The number of hydrogen-bond donors (Lipinski definition) is 2. The Morgan fingerprint density at radius 2 is 2.41 bits per heavy atom. The van der Waals surface area contributed by atoms with Gasteiger partial charge >= 0.3 is 6.03 Å².